The average Bonchev–Trinajstić information content (AvgIpc) is 2.96. The first-order chi connectivity index (χ1) is 8.72. The number of carbonyl (C=O) groups is 1. The third-order valence-corrected chi connectivity index (χ3v) is 3.66. The summed E-state index contributed by atoms with van der Waals surface area (Å²) in [6, 6.07) is 8.64. The minimum atomic E-state index is -0.189. The van der Waals surface area contributed by atoms with Gasteiger partial charge in [0.05, 0.1) is 9.21 Å². The molecule has 0 atom stereocenters. The molecule has 0 aliphatic carbocycles. The van der Waals surface area contributed by atoms with E-state index in [0.29, 0.717) is 26.4 Å². The van der Waals surface area contributed by atoms with E-state index in [4.69, 9.17) is 21.1 Å². The fourth-order valence-electron chi connectivity index (χ4n) is 1.60. The van der Waals surface area contributed by atoms with Crippen molar-refractivity contribution >= 4 is 34.5 Å². The second-order valence-electron chi connectivity index (χ2n) is 3.63. The van der Waals surface area contributed by atoms with Crippen LogP contribution in [0.2, 0.25) is 4.34 Å². The molecule has 0 spiro atoms. The van der Waals surface area contributed by atoms with Gasteiger partial charge in [-0.15, -0.1) is 11.3 Å². The Morgan fingerprint density at radius 2 is 2.06 bits per heavy atom. The molecule has 2 heterocycles. The molecule has 0 saturated carbocycles. The topological polar surface area (TPSA) is 47.6 Å². The van der Waals surface area contributed by atoms with E-state index in [-0.39, 0.29) is 12.7 Å². The molecule has 18 heavy (non-hydrogen) atoms. The summed E-state index contributed by atoms with van der Waals surface area (Å²) in [6.07, 6.45) is 0. The van der Waals surface area contributed by atoms with Crippen molar-refractivity contribution in [3.05, 3.63) is 39.5 Å². The molecule has 1 aliphatic heterocycles. The zero-order valence-electron chi connectivity index (χ0n) is 9.10. The van der Waals surface area contributed by atoms with E-state index in [1.54, 1.807) is 30.3 Å². The van der Waals surface area contributed by atoms with Gasteiger partial charge >= 0.3 is 0 Å². The maximum absolute atomic E-state index is 11.9. The quantitative estimate of drug-likeness (QED) is 0.918. The summed E-state index contributed by atoms with van der Waals surface area (Å²) in [5.74, 6) is 1.13. The minimum Gasteiger partial charge on any atom is -0.454 e. The molecular formula is C12H8ClNO3S. The van der Waals surface area contributed by atoms with Crippen LogP contribution in [0.25, 0.3) is 0 Å². The maximum Gasteiger partial charge on any atom is 0.265 e. The van der Waals surface area contributed by atoms with Crippen LogP contribution in [0.15, 0.2) is 30.3 Å². The van der Waals surface area contributed by atoms with Gasteiger partial charge in [0.2, 0.25) is 6.79 Å². The van der Waals surface area contributed by atoms with Gasteiger partial charge in [-0.3, -0.25) is 4.79 Å². The van der Waals surface area contributed by atoms with Crippen LogP contribution in [0.3, 0.4) is 0 Å². The van der Waals surface area contributed by atoms with Crippen molar-refractivity contribution in [1.82, 2.24) is 0 Å². The largest absolute Gasteiger partial charge is 0.454 e. The van der Waals surface area contributed by atoms with E-state index in [2.05, 4.69) is 5.32 Å². The SMILES string of the molecule is O=C(Nc1ccc2c(c1)OCO2)c1ccc(Cl)s1. The van der Waals surface area contributed by atoms with Crippen molar-refractivity contribution in [2.24, 2.45) is 0 Å². The Hall–Kier alpha value is -1.72. The van der Waals surface area contributed by atoms with Gasteiger partial charge in [-0.25, -0.2) is 0 Å². The highest BCUT2D eigenvalue weighted by atomic mass is 35.5. The summed E-state index contributed by atoms with van der Waals surface area (Å²) in [5.41, 5.74) is 0.661. The molecule has 2 aromatic rings. The smallest absolute Gasteiger partial charge is 0.265 e. The van der Waals surface area contributed by atoms with Crippen LogP contribution in [0, 0.1) is 0 Å². The summed E-state index contributed by atoms with van der Waals surface area (Å²) >= 11 is 7.02. The van der Waals surface area contributed by atoms with Gasteiger partial charge in [-0.1, -0.05) is 11.6 Å². The molecule has 1 aromatic carbocycles. The highest BCUT2D eigenvalue weighted by Gasteiger charge is 2.15. The van der Waals surface area contributed by atoms with Crippen LogP contribution in [0.4, 0.5) is 5.69 Å². The van der Waals surface area contributed by atoms with Gasteiger partial charge in [0, 0.05) is 11.8 Å². The zero-order valence-corrected chi connectivity index (χ0v) is 10.7. The van der Waals surface area contributed by atoms with E-state index in [1.807, 2.05) is 0 Å². The van der Waals surface area contributed by atoms with E-state index < -0.39 is 0 Å². The Kier molecular flexibility index (Phi) is 2.85. The summed E-state index contributed by atoms with van der Waals surface area (Å²) < 4.78 is 11.0. The number of thiophene rings is 1. The fourth-order valence-corrected chi connectivity index (χ4v) is 2.54. The molecule has 1 amide bonds. The van der Waals surface area contributed by atoms with Gasteiger partial charge in [0.15, 0.2) is 11.5 Å². The lowest BCUT2D eigenvalue weighted by atomic mass is 10.2. The van der Waals surface area contributed by atoms with Crippen molar-refractivity contribution in [1.29, 1.82) is 0 Å². The van der Waals surface area contributed by atoms with Gasteiger partial charge in [-0.05, 0) is 24.3 Å². The first-order valence-electron chi connectivity index (χ1n) is 5.19. The van der Waals surface area contributed by atoms with Crippen molar-refractivity contribution in [2.75, 3.05) is 12.1 Å². The van der Waals surface area contributed by atoms with Gasteiger partial charge in [0.1, 0.15) is 0 Å². The zero-order chi connectivity index (χ0) is 12.5. The van der Waals surface area contributed by atoms with Crippen molar-refractivity contribution in [3.8, 4) is 11.5 Å². The van der Waals surface area contributed by atoms with E-state index in [0.717, 1.165) is 0 Å². The Morgan fingerprint density at radius 3 is 2.83 bits per heavy atom. The normalized spacial score (nSPS) is 12.5. The minimum absolute atomic E-state index is 0.189. The molecule has 0 bridgehead atoms. The third-order valence-electron chi connectivity index (χ3n) is 2.43. The van der Waals surface area contributed by atoms with Gasteiger partial charge in [-0.2, -0.15) is 0 Å². The number of anilines is 1. The Bertz CT molecular complexity index is 611. The molecule has 0 radical (unpaired) electrons. The number of halogens is 1. The molecule has 0 unspecified atom stereocenters. The monoisotopic (exact) mass is 281 g/mol. The lowest BCUT2D eigenvalue weighted by Gasteiger charge is -2.04. The number of benzene rings is 1. The molecule has 3 rings (SSSR count). The number of rotatable bonds is 2. The Balaban J connectivity index is 1.78. The summed E-state index contributed by atoms with van der Waals surface area (Å²) in [5, 5.41) is 2.78. The van der Waals surface area contributed by atoms with Crippen LogP contribution >= 0.6 is 22.9 Å². The predicted octanol–water partition coefficient (Wildman–Crippen LogP) is 3.38. The molecule has 4 nitrogen and oxygen atoms in total. The number of nitrogens with one attached hydrogen (secondary N) is 1. The lowest BCUT2D eigenvalue weighted by Crippen LogP contribution is -2.09. The first kappa shape index (κ1) is 11.4. The summed E-state index contributed by atoms with van der Waals surface area (Å²) in [7, 11) is 0. The third kappa shape index (κ3) is 2.14. The highest BCUT2D eigenvalue weighted by Crippen LogP contribution is 2.34. The molecular weight excluding hydrogens is 274 g/mol. The summed E-state index contributed by atoms with van der Waals surface area (Å²) in [4.78, 5) is 12.5. The first-order valence-corrected chi connectivity index (χ1v) is 6.38. The second-order valence-corrected chi connectivity index (χ2v) is 5.34. The molecule has 0 saturated heterocycles. The molecule has 1 N–H and O–H groups in total. The van der Waals surface area contributed by atoms with Gasteiger partial charge in [0.25, 0.3) is 5.91 Å². The molecule has 1 aliphatic rings. The van der Waals surface area contributed by atoms with Crippen molar-refractivity contribution in [3.63, 3.8) is 0 Å². The van der Waals surface area contributed by atoms with Crippen LogP contribution in [-0.4, -0.2) is 12.7 Å². The number of fused-ring (bicyclic) bond motifs is 1. The standard InChI is InChI=1S/C12H8ClNO3S/c13-11-4-3-10(18-11)12(15)14-7-1-2-8-9(5-7)17-6-16-8/h1-5H,6H2,(H,14,15). The lowest BCUT2D eigenvalue weighted by molar-refractivity contribution is 0.103. The molecule has 1 aromatic heterocycles. The number of hydrogen-bond donors (Lipinski definition) is 1. The maximum atomic E-state index is 11.9. The number of hydrogen-bond acceptors (Lipinski definition) is 4. The highest BCUT2D eigenvalue weighted by molar-refractivity contribution is 7.18. The fraction of sp³-hybridized carbons (Fsp3) is 0.0833. The van der Waals surface area contributed by atoms with Crippen molar-refractivity contribution < 1.29 is 14.3 Å². The Morgan fingerprint density at radius 1 is 1.22 bits per heavy atom. The number of amides is 1. The van der Waals surface area contributed by atoms with Crippen LogP contribution < -0.4 is 14.8 Å². The second kappa shape index (κ2) is 4.51. The predicted molar refractivity (Wildman–Crippen MR) is 69.8 cm³/mol. The number of ether oxygens (including phenoxy) is 2. The molecule has 92 valence electrons. The van der Waals surface area contributed by atoms with Gasteiger partial charge < -0.3 is 14.8 Å². The van der Waals surface area contributed by atoms with Crippen LogP contribution in [0.5, 0.6) is 11.5 Å². The molecule has 0 fully saturated rings. The van der Waals surface area contributed by atoms with Crippen LogP contribution in [-0.2, 0) is 0 Å². The Labute approximate surface area is 112 Å². The van der Waals surface area contributed by atoms with Crippen molar-refractivity contribution in [2.45, 2.75) is 0 Å². The summed E-state index contributed by atoms with van der Waals surface area (Å²) in [6.45, 7) is 0.216. The van der Waals surface area contributed by atoms with E-state index in [9.17, 15) is 4.79 Å². The average molecular weight is 282 g/mol. The van der Waals surface area contributed by atoms with E-state index in [1.165, 1.54) is 11.3 Å². The molecule has 6 heteroatoms. The van der Waals surface area contributed by atoms with E-state index >= 15 is 0 Å². The number of carbonyl (C=O) groups excluding carboxylic acids is 1. The van der Waals surface area contributed by atoms with Crippen LogP contribution in [0.1, 0.15) is 9.67 Å².